The van der Waals surface area contributed by atoms with E-state index < -0.39 is 46.8 Å². The fourth-order valence-electron chi connectivity index (χ4n) is 9.68. The van der Waals surface area contributed by atoms with Crippen LogP contribution in [0.15, 0.2) is 101 Å². The zero-order valence-electron chi connectivity index (χ0n) is 41.1. The number of esters is 1. The zero-order chi connectivity index (χ0) is 52.1. The van der Waals surface area contributed by atoms with Crippen LogP contribution < -0.4 is 19.7 Å². The fraction of sp³-hybridized carbons (Fsp3) is 0.442. The number of hydrogen-bond donors (Lipinski definition) is 3. The summed E-state index contributed by atoms with van der Waals surface area (Å²) < 4.78 is 109. The smallest absolute Gasteiger partial charge is 0.469 e. The predicted molar refractivity (Wildman–Crippen MR) is 275 cm³/mol. The van der Waals surface area contributed by atoms with Crippen LogP contribution in [0.25, 0.3) is 16.6 Å². The van der Waals surface area contributed by atoms with Crippen LogP contribution in [0.1, 0.15) is 81.1 Å². The van der Waals surface area contributed by atoms with Crippen LogP contribution in [0.2, 0.25) is 5.02 Å². The number of rotatable bonds is 20. The van der Waals surface area contributed by atoms with E-state index in [-0.39, 0.29) is 40.9 Å². The molecule has 2 fully saturated rings. The standard InChI is InChI=1S/C52H61ClF3N7O8S2/c1-51(2)19-17-38(44(29-51)36-9-11-39(53)12-10-36)34-61-22-24-63(25-23-61)40-13-15-43(46(27-40)71-41-26-37-18-20-57-49(37)59-31-41)50(65)60-73(68,69)42-14-16-45(47(28-42)72(66,67)52(54,55)56)58-30-35-32-62(33-35)21-7-5-4-6-8-48(64)70-3/h9-16,18,20,26-28,31,35,58H,4-8,17,19,21-25,29-30,32-34H2,1-3H3,(H,57,59)(H,60,65). The van der Waals surface area contributed by atoms with Gasteiger partial charge in [0.1, 0.15) is 22.0 Å². The first-order valence-corrected chi connectivity index (χ1v) is 27.8. The van der Waals surface area contributed by atoms with Crippen molar-refractivity contribution in [2.24, 2.45) is 11.3 Å². The Balaban J connectivity index is 0.964. The second kappa shape index (κ2) is 22.4. The maximum absolute atomic E-state index is 14.1. The van der Waals surface area contributed by atoms with Crippen LogP contribution in [0, 0.1) is 11.3 Å². The highest BCUT2D eigenvalue weighted by Crippen LogP contribution is 2.44. The van der Waals surface area contributed by atoms with Crippen molar-refractivity contribution in [3.63, 3.8) is 0 Å². The molecular formula is C52H61ClF3N7O8S2. The molecule has 0 radical (unpaired) electrons. The molecule has 2 saturated heterocycles. The number of fused-ring (bicyclic) bond motifs is 1. The number of piperazine rings is 1. The van der Waals surface area contributed by atoms with Crippen molar-refractivity contribution >= 4 is 71.3 Å². The largest absolute Gasteiger partial charge is 0.501 e. The highest BCUT2D eigenvalue weighted by molar-refractivity contribution is 7.92. The van der Waals surface area contributed by atoms with Gasteiger partial charge in [-0.05, 0) is 110 Å². The first-order valence-electron chi connectivity index (χ1n) is 24.4. The predicted octanol–water partition coefficient (Wildman–Crippen LogP) is 9.67. The summed E-state index contributed by atoms with van der Waals surface area (Å²) in [6, 6.07) is 18.6. The molecule has 15 nitrogen and oxygen atoms in total. The lowest BCUT2D eigenvalue weighted by Gasteiger charge is -2.39. The number of nitrogens with zero attached hydrogens (tertiary/aromatic N) is 4. The molecule has 2 aromatic heterocycles. The average molecular weight is 1070 g/mol. The number of carbonyl (C=O) groups excluding carboxylic acids is 2. The van der Waals surface area contributed by atoms with Crippen molar-refractivity contribution in [2.75, 3.05) is 76.2 Å². The lowest BCUT2D eigenvalue weighted by molar-refractivity contribution is -0.140. The van der Waals surface area contributed by atoms with Crippen LogP contribution in [0.5, 0.6) is 11.5 Å². The van der Waals surface area contributed by atoms with Gasteiger partial charge in [-0.3, -0.25) is 14.5 Å². The number of anilines is 2. The Kier molecular flexibility index (Phi) is 16.5. The first-order chi connectivity index (χ1) is 34.7. The molecule has 0 bridgehead atoms. The molecule has 21 heteroatoms. The van der Waals surface area contributed by atoms with Crippen molar-refractivity contribution in [3.05, 3.63) is 107 Å². The van der Waals surface area contributed by atoms with E-state index in [9.17, 15) is 39.6 Å². The molecule has 8 rings (SSSR count). The van der Waals surface area contributed by atoms with Crippen LogP contribution >= 0.6 is 11.6 Å². The molecule has 392 valence electrons. The second-order valence-corrected chi connectivity index (χ2v) is 23.9. The number of aromatic amines is 1. The lowest BCUT2D eigenvalue weighted by atomic mass is 9.72. The van der Waals surface area contributed by atoms with E-state index in [1.807, 2.05) is 16.9 Å². The van der Waals surface area contributed by atoms with Crippen LogP contribution in [-0.4, -0.2) is 120 Å². The average Bonchev–Trinajstić information content (AvgIpc) is 3.81. The summed E-state index contributed by atoms with van der Waals surface area (Å²) in [6.45, 7) is 10.4. The number of sulfone groups is 1. The van der Waals surface area contributed by atoms with Gasteiger partial charge < -0.3 is 29.6 Å². The van der Waals surface area contributed by atoms with E-state index in [0.717, 1.165) is 83.3 Å². The van der Waals surface area contributed by atoms with Gasteiger partial charge in [0, 0.05) is 93.1 Å². The third-order valence-electron chi connectivity index (χ3n) is 13.9. The molecule has 0 atom stereocenters. The Morgan fingerprint density at radius 2 is 1.64 bits per heavy atom. The third-order valence-corrected chi connectivity index (χ3v) is 17.0. The molecule has 73 heavy (non-hydrogen) atoms. The molecule has 1 aliphatic carbocycles. The number of pyridine rings is 1. The molecule has 4 heterocycles. The summed E-state index contributed by atoms with van der Waals surface area (Å²) in [4.78, 5) is 37.3. The number of nitrogens with one attached hydrogen (secondary N) is 3. The third kappa shape index (κ3) is 13.2. The minimum absolute atomic E-state index is 0.0106. The number of H-pyrrole nitrogens is 1. The van der Waals surface area contributed by atoms with Gasteiger partial charge in [0.05, 0.1) is 29.5 Å². The van der Waals surface area contributed by atoms with Gasteiger partial charge >= 0.3 is 11.5 Å². The van der Waals surface area contributed by atoms with Gasteiger partial charge in [0.2, 0.25) is 0 Å². The highest BCUT2D eigenvalue weighted by Gasteiger charge is 2.48. The molecule has 5 aromatic rings. The molecule has 3 aliphatic rings. The van der Waals surface area contributed by atoms with Gasteiger partial charge in [-0.1, -0.05) is 56.0 Å². The van der Waals surface area contributed by atoms with Crippen LogP contribution in [0.3, 0.4) is 0 Å². The SMILES string of the molecule is COC(=O)CCCCCCN1CC(CNc2ccc(S(=O)(=O)NC(=O)c3ccc(N4CCN(CC5=C(c6ccc(Cl)cc6)CC(C)(C)CC5)CC4)cc3Oc3cnc4[nH]ccc4c3)cc2S(=O)(=O)C(F)(F)F)C1. The van der Waals surface area contributed by atoms with Gasteiger partial charge in [-0.25, -0.2) is 26.5 Å². The zero-order valence-corrected chi connectivity index (χ0v) is 43.5. The number of alkyl halides is 3. The molecule has 1 amide bonds. The van der Waals surface area contributed by atoms with E-state index in [4.69, 9.17) is 16.3 Å². The number of carbonyl (C=O) groups is 2. The summed E-state index contributed by atoms with van der Waals surface area (Å²) in [5, 5.41) is 4.20. The van der Waals surface area contributed by atoms with E-state index in [2.05, 4.69) is 60.7 Å². The number of ether oxygens (including phenoxy) is 2. The summed E-state index contributed by atoms with van der Waals surface area (Å²) in [5.41, 5.74) is -0.959. The lowest BCUT2D eigenvalue weighted by Crippen LogP contribution is -2.49. The number of likely N-dealkylation sites (tertiary alicyclic amines) is 1. The van der Waals surface area contributed by atoms with E-state index in [0.29, 0.717) is 60.4 Å². The number of aromatic nitrogens is 2. The Morgan fingerprint density at radius 3 is 2.37 bits per heavy atom. The van der Waals surface area contributed by atoms with Gasteiger partial charge in [0.25, 0.3) is 25.8 Å². The van der Waals surface area contributed by atoms with Crippen molar-refractivity contribution < 1.29 is 49.1 Å². The number of unbranched alkanes of at least 4 members (excludes halogenated alkanes) is 3. The van der Waals surface area contributed by atoms with Crippen molar-refractivity contribution in [2.45, 2.75) is 80.5 Å². The van der Waals surface area contributed by atoms with Crippen molar-refractivity contribution in [3.8, 4) is 11.5 Å². The monoisotopic (exact) mass is 1070 g/mol. The number of sulfonamides is 1. The fourth-order valence-corrected chi connectivity index (χ4v) is 11.8. The number of methoxy groups -OCH3 is 1. The number of amides is 1. The van der Waals surface area contributed by atoms with Gasteiger partial charge in [-0.15, -0.1) is 0 Å². The Labute approximate surface area is 429 Å². The molecule has 3 aromatic carbocycles. The minimum Gasteiger partial charge on any atom is -0.469 e. The van der Waals surface area contributed by atoms with E-state index in [1.165, 1.54) is 36.1 Å². The summed E-state index contributed by atoms with van der Waals surface area (Å²) in [6.07, 6.45) is 9.98. The number of hydrogen-bond acceptors (Lipinski definition) is 13. The number of benzene rings is 3. The molecule has 0 spiro atoms. The molecule has 0 unspecified atom stereocenters. The normalized spacial score (nSPS) is 17.1. The minimum atomic E-state index is -6.07. The van der Waals surface area contributed by atoms with Crippen molar-refractivity contribution in [1.29, 1.82) is 0 Å². The molecular weight excluding hydrogens is 1010 g/mol. The summed E-state index contributed by atoms with van der Waals surface area (Å²) >= 11 is 6.24. The molecule has 2 aliphatic heterocycles. The molecule has 0 saturated carbocycles. The second-order valence-electron chi connectivity index (χ2n) is 19.9. The first kappa shape index (κ1) is 53.6. The van der Waals surface area contributed by atoms with E-state index >= 15 is 0 Å². The summed E-state index contributed by atoms with van der Waals surface area (Å²) in [7, 11) is -9.69. The number of halogens is 4. The van der Waals surface area contributed by atoms with Gasteiger partial charge in [-0.2, -0.15) is 13.2 Å². The van der Waals surface area contributed by atoms with Crippen LogP contribution in [0.4, 0.5) is 24.5 Å². The topological polar surface area (TPSA) is 183 Å². The number of allylic oxidation sites excluding steroid dienone is 1. The van der Waals surface area contributed by atoms with E-state index in [1.54, 1.807) is 30.5 Å². The van der Waals surface area contributed by atoms with Crippen molar-refractivity contribution in [1.82, 2.24) is 24.5 Å². The van der Waals surface area contributed by atoms with Gasteiger partial charge in [0.15, 0.2) is 0 Å². The Bertz CT molecular complexity index is 3060. The summed E-state index contributed by atoms with van der Waals surface area (Å²) in [5.74, 6) is -1.19. The molecule has 3 N–H and O–H groups in total. The van der Waals surface area contributed by atoms with Crippen LogP contribution in [-0.2, 0) is 29.4 Å². The highest BCUT2D eigenvalue weighted by atomic mass is 35.5. The maximum Gasteiger partial charge on any atom is 0.501 e. The Morgan fingerprint density at radius 1 is 0.904 bits per heavy atom. The Hall–Kier alpha value is -5.67. The quantitative estimate of drug-likeness (QED) is 0.0495. The maximum atomic E-state index is 14.1.